The van der Waals surface area contributed by atoms with Crippen LogP contribution in [0.1, 0.15) is 31.9 Å². The number of rotatable bonds is 1. The normalized spacial score (nSPS) is 35.7. The van der Waals surface area contributed by atoms with Crippen LogP contribution in [0.5, 0.6) is 0 Å². The van der Waals surface area contributed by atoms with Gasteiger partial charge in [0.1, 0.15) is 0 Å². The maximum Gasteiger partial charge on any atom is 0.192 e. The Morgan fingerprint density at radius 2 is 1.47 bits per heavy atom. The molecular weight excluding hydrogens is 188 g/mol. The second kappa shape index (κ2) is 3.62. The van der Waals surface area contributed by atoms with Crippen LogP contribution < -0.4 is 0 Å². The summed E-state index contributed by atoms with van der Waals surface area (Å²) in [5, 5.41) is 0. The van der Waals surface area contributed by atoms with E-state index in [1.165, 1.54) is 5.56 Å². The Balaban J connectivity index is 2.27. The van der Waals surface area contributed by atoms with Crippen molar-refractivity contribution in [2.75, 3.05) is 0 Å². The van der Waals surface area contributed by atoms with E-state index in [0.29, 0.717) is 0 Å². The van der Waals surface area contributed by atoms with Gasteiger partial charge >= 0.3 is 0 Å². The van der Waals surface area contributed by atoms with Crippen molar-refractivity contribution < 1.29 is 9.47 Å². The van der Waals surface area contributed by atoms with Crippen LogP contribution in [-0.4, -0.2) is 12.2 Å². The Morgan fingerprint density at radius 3 is 1.93 bits per heavy atom. The minimum atomic E-state index is -0.577. The maximum absolute atomic E-state index is 5.86. The highest BCUT2D eigenvalue weighted by atomic mass is 16.8. The molecule has 1 fully saturated rings. The lowest BCUT2D eigenvalue weighted by atomic mass is 10.1. The molecule has 1 saturated heterocycles. The molecule has 15 heavy (non-hydrogen) atoms. The Hall–Kier alpha value is -0.860. The van der Waals surface area contributed by atoms with Crippen LogP contribution in [0, 0.1) is 6.92 Å². The highest BCUT2D eigenvalue weighted by molar-refractivity contribution is 5.25. The van der Waals surface area contributed by atoms with E-state index in [0.717, 1.165) is 5.56 Å². The van der Waals surface area contributed by atoms with E-state index in [9.17, 15) is 0 Å². The summed E-state index contributed by atoms with van der Waals surface area (Å²) in [6, 6.07) is 8.31. The number of aryl methyl sites for hydroxylation is 1. The summed E-state index contributed by atoms with van der Waals surface area (Å²) in [7, 11) is 0. The molecular formula is C13H18O2. The van der Waals surface area contributed by atoms with Gasteiger partial charge in [-0.25, -0.2) is 0 Å². The Bertz CT molecular complexity index is 332. The average molecular weight is 206 g/mol. The minimum Gasteiger partial charge on any atom is -0.340 e. The number of benzene rings is 1. The van der Waals surface area contributed by atoms with Crippen LogP contribution >= 0.6 is 0 Å². The van der Waals surface area contributed by atoms with Crippen molar-refractivity contribution in [1.82, 2.24) is 0 Å². The first-order chi connectivity index (χ1) is 7.01. The van der Waals surface area contributed by atoms with Crippen molar-refractivity contribution in [2.24, 2.45) is 0 Å². The van der Waals surface area contributed by atoms with Gasteiger partial charge in [-0.2, -0.15) is 0 Å². The fourth-order valence-electron chi connectivity index (χ4n) is 1.92. The van der Waals surface area contributed by atoms with E-state index >= 15 is 0 Å². The van der Waals surface area contributed by atoms with E-state index in [2.05, 4.69) is 31.2 Å². The second-order valence-electron chi connectivity index (χ2n) is 4.46. The molecule has 1 aliphatic rings. The standard InChI is InChI=1S/C13H18O2/c1-9-5-7-12(8-6-9)13(4)14-10(2)11(3)15-13/h5-8,10-11H,1-4H3. The van der Waals surface area contributed by atoms with Crippen molar-refractivity contribution in [3.63, 3.8) is 0 Å². The predicted octanol–water partition coefficient (Wildman–Crippen LogP) is 2.99. The van der Waals surface area contributed by atoms with Crippen LogP contribution in [0.2, 0.25) is 0 Å². The van der Waals surface area contributed by atoms with Gasteiger partial charge in [-0.1, -0.05) is 29.8 Å². The van der Waals surface area contributed by atoms with Gasteiger partial charge in [0.2, 0.25) is 0 Å². The van der Waals surface area contributed by atoms with Crippen LogP contribution in [0.3, 0.4) is 0 Å². The first-order valence-electron chi connectivity index (χ1n) is 5.44. The molecule has 0 spiro atoms. The lowest BCUT2D eigenvalue weighted by molar-refractivity contribution is -0.166. The van der Waals surface area contributed by atoms with Gasteiger partial charge in [0.05, 0.1) is 12.2 Å². The highest BCUT2D eigenvalue weighted by Gasteiger charge is 2.41. The molecule has 0 N–H and O–H groups in total. The topological polar surface area (TPSA) is 18.5 Å². The summed E-state index contributed by atoms with van der Waals surface area (Å²) in [5.41, 5.74) is 2.34. The zero-order valence-electron chi connectivity index (χ0n) is 9.78. The summed E-state index contributed by atoms with van der Waals surface area (Å²) in [5.74, 6) is -0.577. The third-order valence-electron chi connectivity index (χ3n) is 3.06. The van der Waals surface area contributed by atoms with E-state index in [-0.39, 0.29) is 12.2 Å². The first-order valence-corrected chi connectivity index (χ1v) is 5.44. The molecule has 1 aromatic carbocycles. The number of hydrogen-bond acceptors (Lipinski definition) is 2. The minimum absolute atomic E-state index is 0.149. The van der Waals surface area contributed by atoms with E-state index in [1.54, 1.807) is 0 Å². The van der Waals surface area contributed by atoms with Gasteiger partial charge < -0.3 is 9.47 Å². The van der Waals surface area contributed by atoms with E-state index in [4.69, 9.17) is 9.47 Å². The molecule has 2 heteroatoms. The van der Waals surface area contributed by atoms with Crippen LogP contribution in [0.15, 0.2) is 24.3 Å². The van der Waals surface area contributed by atoms with Crippen LogP contribution in [0.25, 0.3) is 0 Å². The van der Waals surface area contributed by atoms with Gasteiger partial charge in [-0.05, 0) is 27.7 Å². The maximum atomic E-state index is 5.86. The lowest BCUT2D eigenvalue weighted by Crippen LogP contribution is -2.23. The molecule has 0 radical (unpaired) electrons. The van der Waals surface area contributed by atoms with E-state index < -0.39 is 5.79 Å². The summed E-state index contributed by atoms with van der Waals surface area (Å²) in [4.78, 5) is 0. The lowest BCUT2D eigenvalue weighted by Gasteiger charge is -2.23. The third kappa shape index (κ3) is 1.92. The summed E-state index contributed by atoms with van der Waals surface area (Å²) < 4.78 is 11.7. The summed E-state index contributed by atoms with van der Waals surface area (Å²) in [6.07, 6.45) is 0.299. The molecule has 0 aromatic heterocycles. The summed E-state index contributed by atoms with van der Waals surface area (Å²) in [6.45, 7) is 8.15. The number of ether oxygens (including phenoxy) is 2. The van der Waals surface area contributed by atoms with Gasteiger partial charge in [0.15, 0.2) is 5.79 Å². The second-order valence-corrected chi connectivity index (χ2v) is 4.46. The zero-order valence-corrected chi connectivity index (χ0v) is 9.78. The average Bonchev–Trinajstić information content (AvgIpc) is 2.43. The predicted molar refractivity (Wildman–Crippen MR) is 59.6 cm³/mol. The molecule has 2 unspecified atom stereocenters. The fraction of sp³-hybridized carbons (Fsp3) is 0.538. The fourth-order valence-corrected chi connectivity index (χ4v) is 1.92. The Labute approximate surface area is 91.2 Å². The van der Waals surface area contributed by atoms with Crippen molar-refractivity contribution in [3.05, 3.63) is 35.4 Å². The van der Waals surface area contributed by atoms with Crippen molar-refractivity contribution >= 4 is 0 Å². The first kappa shape index (κ1) is 10.7. The highest BCUT2D eigenvalue weighted by Crippen LogP contribution is 2.36. The van der Waals surface area contributed by atoms with Crippen molar-refractivity contribution in [2.45, 2.75) is 45.7 Å². The quantitative estimate of drug-likeness (QED) is 0.703. The van der Waals surface area contributed by atoms with Gasteiger partial charge in [-0.15, -0.1) is 0 Å². The Morgan fingerprint density at radius 1 is 1.00 bits per heavy atom. The van der Waals surface area contributed by atoms with Crippen LogP contribution in [-0.2, 0) is 15.3 Å². The smallest absolute Gasteiger partial charge is 0.192 e. The molecule has 82 valence electrons. The SMILES string of the molecule is Cc1ccc(C2(C)OC(C)C(C)O2)cc1. The molecule has 2 atom stereocenters. The monoisotopic (exact) mass is 206 g/mol. The molecule has 0 aliphatic carbocycles. The molecule has 1 aliphatic heterocycles. The summed E-state index contributed by atoms with van der Waals surface area (Å²) >= 11 is 0. The van der Waals surface area contributed by atoms with Crippen molar-refractivity contribution in [1.29, 1.82) is 0 Å². The molecule has 0 bridgehead atoms. The van der Waals surface area contributed by atoms with E-state index in [1.807, 2.05) is 20.8 Å². The van der Waals surface area contributed by atoms with Crippen LogP contribution in [0.4, 0.5) is 0 Å². The Kier molecular flexibility index (Phi) is 2.57. The molecule has 1 heterocycles. The van der Waals surface area contributed by atoms with Crippen molar-refractivity contribution in [3.8, 4) is 0 Å². The molecule has 1 aromatic rings. The van der Waals surface area contributed by atoms with Gasteiger partial charge in [-0.3, -0.25) is 0 Å². The van der Waals surface area contributed by atoms with Gasteiger partial charge in [0, 0.05) is 5.56 Å². The molecule has 2 rings (SSSR count). The third-order valence-corrected chi connectivity index (χ3v) is 3.06. The molecule has 2 nitrogen and oxygen atoms in total. The molecule has 0 saturated carbocycles. The largest absolute Gasteiger partial charge is 0.340 e. The molecule has 0 amide bonds. The number of hydrogen-bond donors (Lipinski definition) is 0. The zero-order chi connectivity index (χ0) is 11.1. The van der Waals surface area contributed by atoms with Gasteiger partial charge in [0.25, 0.3) is 0 Å².